The van der Waals surface area contributed by atoms with Gasteiger partial charge >= 0.3 is 0 Å². The second-order valence-corrected chi connectivity index (χ2v) is 9.10. The molecule has 1 amide bonds. The lowest BCUT2D eigenvalue weighted by atomic mass is 10.1. The average Bonchev–Trinajstić information content (AvgIpc) is 3.06. The number of sulfone groups is 1. The molecule has 0 bridgehead atoms. The number of rotatable bonds is 5. The van der Waals surface area contributed by atoms with E-state index in [2.05, 4.69) is 10.4 Å². The molecule has 140 valence electrons. The zero-order valence-corrected chi connectivity index (χ0v) is 15.8. The fraction of sp³-hybridized carbons (Fsp3) is 0.412. The van der Waals surface area contributed by atoms with Gasteiger partial charge in [-0.25, -0.2) is 17.5 Å². The lowest BCUT2D eigenvalue weighted by molar-refractivity contribution is 0.0948. The van der Waals surface area contributed by atoms with Gasteiger partial charge in [-0.05, 0) is 37.0 Å². The third-order valence-corrected chi connectivity index (χ3v) is 6.64. The molecule has 1 aromatic carbocycles. The SMILES string of the molecule is Cc1nn(Cc2ccc(F)cc2)c(Cl)c1C(=O)NCC1CCS(=O)(=O)C1. The topological polar surface area (TPSA) is 81.1 Å². The quantitative estimate of drug-likeness (QED) is 0.835. The van der Waals surface area contributed by atoms with E-state index in [1.54, 1.807) is 19.1 Å². The van der Waals surface area contributed by atoms with Gasteiger partial charge in [-0.2, -0.15) is 5.10 Å². The molecule has 9 heteroatoms. The Morgan fingerprint density at radius 2 is 2.08 bits per heavy atom. The van der Waals surface area contributed by atoms with Gasteiger partial charge in [0, 0.05) is 6.54 Å². The molecule has 26 heavy (non-hydrogen) atoms. The van der Waals surface area contributed by atoms with Crippen LogP contribution in [0.25, 0.3) is 0 Å². The first-order chi connectivity index (χ1) is 12.2. The maximum atomic E-state index is 13.0. The molecule has 1 saturated heterocycles. The maximum absolute atomic E-state index is 13.0. The van der Waals surface area contributed by atoms with E-state index in [-0.39, 0.29) is 46.4 Å². The van der Waals surface area contributed by atoms with Gasteiger partial charge in [0.05, 0.1) is 29.3 Å². The predicted octanol–water partition coefficient (Wildman–Crippen LogP) is 2.20. The fourth-order valence-corrected chi connectivity index (χ4v) is 5.22. The monoisotopic (exact) mass is 399 g/mol. The average molecular weight is 400 g/mol. The van der Waals surface area contributed by atoms with Crippen LogP contribution < -0.4 is 5.32 Å². The molecule has 3 rings (SSSR count). The molecule has 0 radical (unpaired) electrons. The number of carbonyl (C=O) groups is 1. The van der Waals surface area contributed by atoms with Crippen molar-refractivity contribution in [1.82, 2.24) is 15.1 Å². The van der Waals surface area contributed by atoms with E-state index in [1.165, 1.54) is 16.8 Å². The number of nitrogens with one attached hydrogen (secondary N) is 1. The van der Waals surface area contributed by atoms with E-state index in [1.807, 2.05) is 0 Å². The van der Waals surface area contributed by atoms with Gasteiger partial charge in [-0.15, -0.1) is 0 Å². The van der Waals surface area contributed by atoms with Crippen LogP contribution >= 0.6 is 11.6 Å². The normalized spacial score (nSPS) is 18.8. The molecular weight excluding hydrogens is 381 g/mol. The Morgan fingerprint density at radius 3 is 2.69 bits per heavy atom. The summed E-state index contributed by atoms with van der Waals surface area (Å²) in [6, 6.07) is 5.96. The highest BCUT2D eigenvalue weighted by Gasteiger charge is 2.29. The molecule has 1 unspecified atom stereocenters. The van der Waals surface area contributed by atoms with Crippen molar-refractivity contribution in [3.8, 4) is 0 Å². The lowest BCUT2D eigenvalue weighted by Gasteiger charge is -2.09. The molecule has 1 aliphatic rings. The van der Waals surface area contributed by atoms with E-state index in [4.69, 9.17) is 11.6 Å². The van der Waals surface area contributed by atoms with Crippen LogP contribution in [-0.2, 0) is 16.4 Å². The minimum Gasteiger partial charge on any atom is -0.352 e. The van der Waals surface area contributed by atoms with E-state index < -0.39 is 9.84 Å². The van der Waals surface area contributed by atoms with Crippen LogP contribution in [0.2, 0.25) is 5.15 Å². The molecule has 1 aromatic heterocycles. The second-order valence-electron chi connectivity index (χ2n) is 6.51. The molecule has 2 aromatic rings. The number of halogens is 2. The van der Waals surface area contributed by atoms with Crippen molar-refractivity contribution in [2.24, 2.45) is 5.92 Å². The Morgan fingerprint density at radius 1 is 1.38 bits per heavy atom. The molecule has 6 nitrogen and oxygen atoms in total. The molecule has 0 spiro atoms. The highest BCUT2D eigenvalue weighted by atomic mass is 35.5. The number of nitrogens with zero attached hydrogens (tertiary/aromatic N) is 2. The summed E-state index contributed by atoms with van der Waals surface area (Å²) in [4.78, 5) is 12.5. The second kappa shape index (κ2) is 7.36. The van der Waals surface area contributed by atoms with Crippen LogP contribution in [0.5, 0.6) is 0 Å². The Hall–Kier alpha value is -1.93. The summed E-state index contributed by atoms with van der Waals surface area (Å²) in [6.45, 7) is 2.28. The minimum atomic E-state index is -2.98. The van der Waals surface area contributed by atoms with Crippen molar-refractivity contribution in [3.63, 3.8) is 0 Å². The van der Waals surface area contributed by atoms with Crippen LogP contribution in [0, 0.1) is 18.7 Å². The standard InChI is InChI=1S/C17H19ClFN3O3S/c1-11-15(17(23)20-8-13-6-7-26(24,25)10-13)16(18)22(21-11)9-12-2-4-14(19)5-3-12/h2-5,13H,6-10H2,1H3,(H,20,23). The summed E-state index contributed by atoms with van der Waals surface area (Å²) < 4.78 is 37.5. The van der Waals surface area contributed by atoms with Crippen LogP contribution in [0.3, 0.4) is 0 Å². The summed E-state index contributed by atoms with van der Waals surface area (Å²) >= 11 is 6.32. The summed E-state index contributed by atoms with van der Waals surface area (Å²) in [6.07, 6.45) is 0.555. The van der Waals surface area contributed by atoms with Gasteiger partial charge < -0.3 is 5.32 Å². The Kier molecular flexibility index (Phi) is 5.34. The zero-order valence-electron chi connectivity index (χ0n) is 14.2. The molecule has 1 N–H and O–H groups in total. The first-order valence-corrected chi connectivity index (χ1v) is 10.4. The molecule has 0 aliphatic carbocycles. The molecule has 0 saturated carbocycles. The van der Waals surface area contributed by atoms with Crippen molar-refractivity contribution in [3.05, 3.63) is 52.1 Å². The molecule has 1 aliphatic heterocycles. The van der Waals surface area contributed by atoms with Crippen molar-refractivity contribution in [1.29, 1.82) is 0 Å². The number of benzene rings is 1. The van der Waals surface area contributed by atoms with Crippen molar-refractivity contribution in [2.45, 2.75) is 19.9 Å². The van der Waals surface area contributed by atoms with E-state index in [0.717, 1.165) is 5.56 Å². The highest BCUT2D eigenvalue weighted by molar-refractivity contribution is 7.91. The van der Waals surface area contributed by atoms with Crippen molar-refractivity contribution >= 4 is 27.3 Å². The van der Waals surface area contributed by atoms with E-state index in [9.17, 15) is 17.6 Å². The van der Waals surface area contributed by atoms with Crippen molar-refractivity contribution < 1.29 is 17.6 Å². The minimum absolute atomic E-state index is 0.0720. The maximum Gasteiger partial charge on any atom is 0.256 e. The van der Waals surface area contributed by atoms with Crippen LogP contribution in [-0.4, -0.2) is 42.2 Å². The van der Waals surface area contributed by atoms with Gasteiger partial charge in [0.25, 0.3) is 5.91 Å². The predicted molar refractivity (Wildman–Crippen MR) is 96.6 cm³/mol. The van der Waals surface area contributed by atoms with E-state index in [0.29, 0.717) is 18.7 Å². The summed E-state index contributed by atoms with van der Waals surface area (Å²) in [5.74, 6) is -0.503. The highest BCUT2D eigenvalue weighted by Crippen LogP contribution is 2.22. The smallest absolute Gasteiger partial charge is 0.256 e. The number of aromatic nitrogens is 2. The zero-order chi connectivity index (χ0) is 18.9. The summed E-state index contributed by atoms with van der Waals surface area (Å²) in [7, 11) is -2.98. The molecule has 1 fully saturated rings. The molecule has 1 atom stereocenters. The van der Waals surface area contributed by atoms with Gasteiger partial charge in [0.1, 0.15) is 11.0 Å². The Bertz CT molecular complexity index is 925. The van der Waals surface area contributed by atoms with E-state index >= 15 is 0 Å². The van der Waals surface area contributed by atoms with Crippen LogP contribution in [0.15, 0.2) is 24.3 Å². The largest absolute Gasteiger partial charge is 0.352 e. The van der Waals surface area contributed by atoms with Crippen LogP contribution in [0.1, 0.15) is 28.0 Å². The lowest BCUT2D eigenvalue weighted by Crippen LogP contribution is -2.30. The number of aryl methyl sites for hydroxylation is 1. The van der Waals surface area contributed by atoms with Gasteiger partial charge in [0.15, 0.2) is 9.84 Å². The Labute approximate surface area is 156 Å². The fourth-order valence-electron chi connectivity index (χ4n) is 3.04. The first-order valence-electron chi connectivity index (χ1n) is 8.21. The molecule has 2 heterocycles. The van der Waals surface area contributed by atoms with Gasteiger partial charge in [-0.3, -0.25) is 4.79 Å². The summed E-state index contributed by atoms with van der Waals surface area (Å²) in [5, 5.41) is 7.24. The third-order valence-electron chi connectivity index (χ3n) is 4.42. The number of hydrogen-bond donors (Lipinski definition) is 1. The van der Waals surface area contributed by atoms with Crippen molar-refractivity contribution in [2.75, 3.05) is 18.1 Å². The number of hydrogen-bond acceptors (Lipinski definition) is 4. The Balaban J connectivity index is 1.68. The number of amides is 1. The summed E-state index contributed by atoms with van der Waals surface area (Å²) in [5.41, 5.74) is 1.56. The molecular formula is C17H19ClFN3O3S. The first kappa shape index (κ1) is 18.8. The van der Waals surface area contributed by atoms with Gasteiger partial charge in [-0.1, -0.05) is 23.7 Å². The van der Waals surface area contributed by atoms with Crippen LogP contribution in [0.4, 0.5) is 4.39 Å². The van der Waals surface area contributed by atoms with Gasteiger partial charge in [0.2, 0.25) is 0 Å². The third kappa shape index (κ3) is 4.24. The number of carbonyl (C=O) groups excluding carboxylic acids is 1.